The Morgan fingerprint density at radius 2 is 1.48 bits per heavy atom. The lowest BCUT2D eigenvalue weighted by Crippen LogP contribution is -2.09. The van der Waals surface area contributed by atoms with E-state index in [4.69, 9.17) is 0 Å². The van der Waals surface area contributed by atoms with Crippen molar-refractivity contribution >= 4 is 42.9 Å². The molecule has 3 heteroatoms. The molecule has 0 N–H and O–H groups in total. The summed E-state index contributed by atoms with van der Waals surface area (Å²) in [6.45, 7) is 4.40. The topological polar surface area (TPSA) is 3.24 Å². The second kappa shape index (κ2) is 6.16. The minimum absolute atomic E-state index is 0.145. The zero-order chi connectivity index (χ0) is 17.6. The van der Waals surface area contributed by atoms with Crippen molar-refractivity contribution in [2.45, 2.75) is 19.8 Å². The molecule has 1 heterocycles. The zero-order valence-electron chi connectivity index (χ0n) is 14.6. The van der Waals surface area contributed by atoms with Crippen molar-refractivity contribution in [1.29, 1.82) is 0 Å². The fourth-order valence-corrected chi connectivity index (χ4v) is 4.51. The van der Waals surface area contributed by atoms with E-state index in [2.05, 4.69) is 62.2 Å². The summed E-state index contributed by atoms with van der Waals surface area (Å²) in [5, 5.41) is 2.10. The van der Waals surface area contributed by atoms with E-state index in [1.807, 2.05) is 12.1 Å². The number of benzene rings is 3. The third kappa shape index (κ3) is 2.69. The molecular weight excluding hydrogens is 329 g/mol. The Morgan fingerprint density at radius 1 is 0.840 bits per heavy atom. The molecule has 1 nitrogen and oxygen atoms in total. The maximum absolute atomic E-state index is 14.2. The Bertz CT molecular complexity index is 1050. The molecule has 0 spiro atoms. The first-order valence-electron chi connectivity index (χ1n) is 8.49. The molecule has 0 saturated heterocycles. The molecule has 0 fully saturated rings. The molecule has 0 aliphatic carbocycles. The van der Waals surface area contributed by atoms with Crippen LogP contribution in [0.15, 0.2) is 60.7 Å². The summed E-state index contributed by atoms with van der Waals surface area (Å²) in [6.07, 6.45) is 0. The van der Waals surface area contributed by atoms with E-state index in [9.17, 15) is 4.39 Å². The second-order valence-corrected chi connectivity index (χ2v) is 7.70. The van der Waals surface area contributed by atoms with Gasteiger partial charge in [0, 0.05) is 23.5 Å². The summed E-state index contributed by atoms with van der Waals surface area (Å²) in [4.78, 5) is 2.18. The van der Waals surface area contributed by atoms with Crippen LogP contribution in [-0.4, -0.2) is 7.05 Å². The van der Waals surface area contributed by atoms with E-state index in [0.717, 1.165) is 31.5 Å². The van der Waals surface area contributed by atoms with Gasteiger partial charge in [-0.2, -0.15) is 0 Å². The minimum Gasteiger partial charge on any atom is -0.343 e. The van der Waals surface area contributed by atoms with Crippen LogP contribution in [0.2, 0.25) is 0 Å². The van der Waals surface area contributed by atoms with Gasteiger partial charge < -0.3 is 4.90 Å². The molecule has 126 valence electrons. The van der Waals surface area contributed by atoms with E-state index in [0.29, 0.717) is 5.92 Å². The summed E-state index contributed by atoms with van der Waals surface area (Å²) in [5.41, 5.74) is 3.57. The summed E-state index contributed by atoms with van der Waals surface area (Å²) in [5.74, 6) is 0.377. The molecule has 0 radical (unpaired) electrons. The van der Waals surface area contributed by atoms with E-state index in [-0.39, 0.29) is 5.82 Å². The Kier molecular flexibility index (Phi) is 3.97. The maximum atomic E-state index is 14.2. The fourth-order valence-electron chi connectivity index (χ4n) is 3.26. The van der Waals surface area contributed by atoms with Gasteiger partial charge in [0.1, 0.15) is 5.82 Å². The number of hydrogen-bond donors (Lipinski definition) is 0. The number of thiophene rings is 1. The van der Waals surface area contributed by atoms with Crippen molar-refractivity contribution in [2.24, 2.45) is 0 Å². The third-order valence-electron chi connectivity index (χ3n) is 4.76. The van der Waals surface area contributed by atoms with Gasteiger partial charge >= 0.3 is 0 Å². The van der Waals surface area contributed by atoms with Crippen molar-refractivity contribution in [3.05, 3.63) is 72.0 Å². The number of anilines is 2. The summed E-state index contributed by atoms with van der Waals surface area (Å²) < 4.78 is 16.1. The number of halogens is 1. The highest BCUT2D eigenvalue weighted by atomic mass is 32.1. The van der Waals surface area contributed by atoms with Crippen molar-refractivity contribution in [3.8, 4) is 0 Å². The second-order valence-electron chi connectivity index (χ2n) is 6.68. The molecule has 3 aromatic carbocycles. The van der Waals surface area contributed by atoms with Crippen molar-refractivity contribution in [2.75, 3.05) is 11.9 Å². The quantitative estimate of drug-likeness (QED) is 0.382. The first-order valence-corrected chi connectivity index (χ1v) is 9.31. The van der Waals surface area contributed by atoms with Crippen LogP contribution in [0, 0.1) is 5.82 Å². The van der Waals surface area contributed by atoms with Crippen LogP contribution < -0.4 is 4.90 Å². The standard InChI is InChI=1S/C22H20FNS/c1-14(2)15-10-12-16(13-11-15)24(3)20-9-5-7-18-17-6-4-8-19(23)21(17)25-22(18)20/h4-14H,1-3H3. The Morgan fingerprint density at radius 3 is 2.16 bits per heavy atom. The number of hydrogen-bond acceptors (Lipinski definition) is 2. The SMILES string of the molecule is CC(C)c1ccc(N(C)c2cccc3c2sc2c(F)cccc23)cc1. The molecule has 0 aliphatic rings. The van der Waals surface area contributed by atoms with Crippen LogP contribution in [0.3, 0.4) is 0 Å². The Labute approximate surface area is 151 Å². The van der Waals surface area contributed by atoms with Crippen LogP contribution in [0.4, 0.5) is 15.8 Å². The van der Waals surface area contributed by atoms with Crippen LogP contribution >= 0.6 is 11.3 Å². The molecule has 4 aromatic rings. The smallest absolute Gasteiger partial charge is 0.141 e. The van der Waals surface area contributed by atoms with Crippen LogP contribution in [0.5, 0.6) is 0 Å². The van der Waals surface area contributed by atoms with Gasteiger partial charge in [-0.1, -0.05) is 50.2 Å². The largest absolute Gasteiger partial charge is 0.343 e. The van der Waals surface area contributed by atoms with Crippen molar-refractivity contribution in [1.82, 2.24) is 0 Å². The van der Waals surface area contributed by atoms with Crippen molar-refractivity contribution < 1.29 is 4.39 Å². The normalized spacial score (nSPS) is 11.6. The lowest BCUT2D eigenvalue weighted by Gasteiger charge is -2.21. The monoisotopic (exact) mass is 349 g/mol. The van der Waals surface area contributed by atoms with Gasteiger partial charge in [0.15, 0.2) is 0 Å². The van der Waals surface area contributed by atoms with E-state index < -0.39 is 0 Å². The maximum Gasteiger partial charge on any atom is 0.141 e. The van der Waals surface area contributed by atoms with Crippen molar-refractivity contribution in [3.63, 3.8) is 0 Å². The highest BCUT2D eigenvalue weighted by Crippen LogP contribution is 2.41. The molecule has 0 bridgehead atoms. The predicted octanol–water partition coefficient (Wildman–Crippen LogP) is 7.08. The van der Waals surface area contributed by atoms with Gasteiger partial charge in [-0.05, 0) is 35.7 Å². The van der Waals surface area contributed by atoms with E-state index in [1.54, 1.807) is 6.07 Å². The molecule has 25 heavy (non-hydrogen) atoms. The number of nitrogens with zero attached hydrogens (tertiary/aromatic N) is 1. The lowest BCUT2D eigenvalue weighted by molar-refractivity contribution is 0.642. The van der Waals surface area contributed by atoms with Gasteiger partial charge in [-0.25, -0.2) is 4.39 Å². The first kappa shape index (κ1) is 16.1. The average Bonchev–Trinajstić information content (AvgIpc) is 3.01. The molecule has 0 unspecified atom stereocenters. The fraction of sp³-hybridized carbons (Fsp3) is 0.182. The van der Waals surface area contributed by atoms with Crippen LogP contribution in [0.1, 0.15) is 25.3 Å². The van der Waals surface area contributed by atoms with Gasteiger partial charge in [-0.3, -0.25) is 0 Å². The van der Waals surface area contributed by atoms with Gasteiger partial charge in [0.2, 0.25) is 0 Å². The predicted molar refractivity (Wildman–Crippen MR) is 108 cm³/mol. The summed E-state index contributed by atoms with van der Waals surface area (Å²) >= 11 is 1.53. The molecule has 0 atom stereocenters. The zero-order valence-corrected chi connectivity index (χ0v) is 15.4. The van der Waals surface area contributed by atoms with E-state index >= 15 is 0 Å². The van der Waals surface area contributed by atoms with Gasteiger partial charge in [0.25, 0.3) is 0 Å². The van der Waals surface area contributed by atoms with E-state index in [1.165, 1.54) is 23.0 Å². The van der Waals surface area contributed by atoms with Crippen LogP contribution in [-0.2, 0) is 0 Å². The van der Waals surface area contributed by atoms with Gasteiger partial charge in [-0.15, -0.1) is 11.3 Å². The molecule has 4 rings (SSSR count). The highest BCUT2D eigenvalue weighted by Gasteiger charge is 2.14. The third-order valence-corrected chi connectivity index (χ3v) is 6.02. The molecule has 1 aromatic heterocycles. The number of rotatable bonds is 3. The summed E-state index contributed by atoms with van der Waals surface area (Å²) in [7, 11) is 2.07. The first-order chi connectivity index (χ1) is 12.1. The number of fused-ring (bicyclic) bond motifs is 3. The van der Waals surface area contributed by atoms with Crippen LogP contribution in [0.25, 0.3) is 20.2 Å². The average molecular weight is 349 g/mol. The van der Waals surface area contributed by atoms with Gasteiger partial charge in [0.05, 0.1) is 15.1 Å². The molecule has 0 aliphatic heterocycles. The molecule has 0 amide bonds. The lowest BCUT2D eigenvalue weighted by atomic mass is 10.0. The molecule has 0 saturated carbocycles. The minimum atomic E-state index is -0.145. The Hall–Kier alpha value is -2.39. The Balaban J connectivity index is 1.85. The summed E-state index contributed by atoms with van der Waals surface area (Å²) in [6, 6.07) is 20.2. The molecular formula is C22H20FNS. The highest BCUT2D eigenvalue weighted by molar-refractivity contribution is 7.26.